The van der Waals surface area contributed by atoms with E-state index < -0.39 is 0 Å². The highest BCUT2D eigenvalue weighted by molar-refractivity contribution is 9.10. The molecule has 4 nitrogen and oxygen atoms in total. The summed E-state index contributed by atoms with van der Waals surface area (Å²) in [5.41, 5.74) is 3.37. The number of rotatable bonds is 2. The Bertz CT molecular complexity index is 804. The molecule has 0 bridgehead atoms. The molecule has 0 amide bonds. The number of fused-ring (bicyclic) bond motifs is 3. The number of benzene rings is 2. The number of nitro benzene ring substituents is 1. The first-order chi connectivity index (χ1) is 11.1. The van der Waals surface area contributed by atoms with Crippen molar-refractivity contribution in [3.63, 3.8) is 0 Å². The van der Waals surface area contributed by atoms with Crippen molar-refractivity contribution in [3.05, 3.63) is 80.3 Å². The van der Waals surface area contributed by atoms with Gasteiger partial charge in [0.05, 0.1) is 16.7 Å². The minimum atomic E-state index is -0.331. The number of nitrogens with zero attached hydrogens (tertiary/aromatic N) is 1. The molecule has 1 aliphatic carbocycles. The highest BCUT2D eigenvalue weighted by Crippen LogP contribution is 2.52. The van der Waals surface area contributed by atoms with Crippen molar-refractivity contribution in [3.8, 4) is 0 Å². The van der Waals surface area contributed by atoms with E-state index in [1.54, 1.807) is 12.1 Å². The second-order valence-electron chi connectivity index (χ2n) is 6.04. The Balaban J connectivity index is 1.84. The molecular weight excluding hydrogens is 356 g/mol. The van der Waals surface area contributed by atoms with E-state index in [1.807, 2.05) is 6.07 Å². The van der Waals surface area contributed by atoms with Crippen LogP contribution in [-0.4, -0.2) is 4.92 Å². The SMILES string of the molecule is O=[N+]([O-])c1cc(Br)c2c(c1)C1C=CCC1C(c1ccccc1)N2. The van der Waals surface area contributed by atoms with Crippen molar-refractivity contribution in [2.45, 2.75) is 18.4 Å². The van der Waals surface area contributed by atoms with Gasteiger partial charge in [-0.25, -0.2) is 0 Å². The van der Waals surface area contributed by atoms with Gasteiger partial charge in [0.25, 0.3) is 5.69 Å². The largest absolute Gasteiger partial charge is 0.377 e. The number of anilines is 1. The molecule has 2 aromatic rings. The van der Waals surface area contributed by atoms with Crippen LogP contribution in [0.5, 0.6) is 0 Å². The molecule has 2 aromatic carbocycles. The van der Waals surface area contributed by atoms with Gasteiger partial charge in [-0.2, -0.15) is 0 Å². The molecule has 0 radical (unpaired) electrons. The quantitative estimate of drug-likeness (QED) is 0.449. The van der Waals surface area contributed by atoms with Crippen molar-refractivity contribution in [1.29, 1.82) is 0 Å². The van der Waals surface area contributed by atoms with Gasteiger partial charge in [-0.3, -0.25) is 10.1 Å². The Morgan fingerprint density at radius 2 is 2.00 bits per heavy atom. The van der Waals surface area contributed by atoms with Gasteiger partial charge in [-0.1, -0.05) is 42.5 Å². The normalized spacial score (nSPS) is 24.7. The van der Waals surface area contributed by atoms with Crippen LogP contribution in [0.3, 0.4) is 0 Å². The van der Waals surface area contributed by atoms with Crippen molar-refractivity contribution in [2.75, 3.05) is 5.32 Å². The second kappa shape index (κ2) is 5.49. The van der Waals surface area contributed by atoms with E-state index in [9.17, 15) is 10.1 Å². The summed E-state index contributed by atoms with van der Waals surface area (Å²) >= 11 is 3.51. The van der Waals surface area contributed by atoms with Crippen LogP contribution in [0.25, 0.3) is 0 Å². The number of halogens is 1. The summed E-state index contributed by atoms with van der Waals surface area (Å²) in [6.07, 6.45) is 5.36. The third kappa shape index (κ3) is 2.36. The fourth-order valence-corrected chi connectivity index (χ4v) is 4.31. The van der Waals surface area contributed by atoms with Crippen LogP contribution in [0.15, 0.2) is 59.1 Å². The molecule has 2 aliphatic rings. The summed E-state index contributed by atoms with van der Waals surface area (Å²) < 4.78 is 0.751. The lowest BCUT2D eigenvalue weighted by Gasteiger charge is -2.37. The molecule has 0 spiro atoms. The number of allylic oxidation sites excluding steroid dienone is 2. The third-order valence-electron chi connectivity index (χ3n) is 4.78. The average Bonchev–Trinajstić information content (AvgIpc) is 3.04. The second-order valence-corrected chi connectivity index (χ2v) is 6.89. The molecular formula is C18H15BrN2O2. The van der Waals surface area contributed by atoms with Crippen LogP contribution in [0, 0.1) is 16.0 Å². The van der Waals surface area contributed by atoms with Crippen molar-refractivity contribution in [1.82, 2.24) is 0 Å². The number of nitro groups is 1. The minimum absolute atomic E-state index is 0.134. The predicted molar refractivity (Wildman–Crippen MR) is 93.6 cm³/mol. The number of hydrogen-bond acceptors (Lipinski definition) is 3. The van der Waals surface area contributed by atoms with Crippen LogP contribution in [0.4, 0.5) is 11.4 Å². The summed E-state index contributed by atoms with van der Waals surface area (Å²) in [6.45, 7) is 0. The van der Waals surface area contributed by atoms with Crippen LogP contribution in [0.1, 0.15) is 29.5 Å². The lowest BCUT2D eigenvalue weighted by atomic mass is 9.77. The zero-order valence-electron chi connectivity index (χ0n) is 12.3. The summed E-state index contributed by atoms with van der Waals surface area (Å²) in [7, 11) is 0. The van der Waals surface area contributed by atoms with Gasteiger partial charge in [0.1, 0.15) is 0 Å². The van der Waals surface area contributed by atoms with Crippen molar-refractivity contribution in [2.24, 2.45) is 5.92 Å². The average molecular weight is 371 g/mol. The molecule has 5 heteroatoms. The minimum Gasteiger partial charge on any atom is -0.377 e. The van der Waals surface area contributed by atoms with Crippen LogP contribution < -0.4 is 5.32 Å². The monoisotopic (exact) mass is 370 g/mol. The highest BCUT2D eigenvalue weighted by Gasteiger charge is 2.39. The molecule has 0 saturated heterocycles. The van der Waals surface area contributed by atoms with Crippen molar-refractivity contribution < 1.29 is 4.92 Å². The maximum atomic E-state index is 11.2. The van der Waals surface area contributed by atoms with Gasteiger partial charge in [0, 0.05) is 22.5 Å². The summed E-state index contributed by atoms with van der Waals surface area (Å²) in [6, 6.07) is 13.9. The molecule has 0 fully saturated rings. The Morgan fingerprint density at radius 3 is 2.74 bits per heavy atom. The molecule has 1 aliphatic heterocycles. The zero-order chi connectivity index (χ0) is 16.0. The molecule has 3 atom stereocenters. The lowest BCUT2D eigenvalue weighted by Crippen LogP contribution is -2.29. The van der Waals surface area contributed by atoms with Crippen LogP contribution in [0.2, 0.25) is 0 Å². The van der Waals surface area contributed by atoms with E-state index >= 15 is 0 Å². The Labute approximate surface area is 142 Å². The first kappa shape index (κ1) is 14.5. The van der Waals surface area contributed by atoms with Gasteiger partial charge in [-0.15, -0.1) is 0 Å². The maximum absolute atomic E-state index is 11.2. The Morgan fingerprint density at radius 1 is 1.22 bits per heavy atom. The van der Waals surface area contributed by atoms with Gasteiger partial charge in [0.15, 0.2) is 0 Å². The topological polar surface area (TPSA) is 55.2 Å². The molecule has 1 N–H and O–H groups in total. The lowest BCUT2D eigenvalue weighted by molar-refractivity contribution is -0.385. The number of nitrogens with one attached hydrogen (secondary N) is 1. The molecule has 0 saturated carbocycles. The fourth-order valence-electron chi connectivity index (χ4n) is 3.74. The molecule has 0 aromatic heterocycles. The molecule has 1 heterocycles. The van der Waals surface area contributed by atoms with E-state index in [1.165, 1.54) is 5.56 Å². The van der Waals surface area contributed by atoms with Gasteiger partial charge < -0.3 is 5.32 Å². The van der Waals surface area contributed by atoms with E-state index in [-0.39, 0.29) is 22.6 Å². The summed E-state index contributed by atoms with van der Waals surface area (Å²) in [5, 5.41) is 14.8. The molecule has 116 valence electrons. The number of non-ortho nitro benzene ring substituents is 1. The molecule has 4 rings (SSSR count). The smallest absolute Gasteiger partial charge is 0.271 e. The maximum Gasteiger partial charge on any atom is 0.271 e. The van der Waals surface area contributed by atoms with E-state index in [4.69, 9.17) is 0 Å². The standard InChI is InChI=1S/C18H15BrN2O2/c19-16-10-12(21(22)23)9-15-13-7-4-8-14(13)17(20-18(15)16)11-5-2-1-3-6-11/h1-7,9-10,13-14,17,20H,8H2. The zero-order valence-corrected chi connectivity index (χ0v) is 13.9. The highest BCUT2D eigenvalue weighted by atomic mass is 79.9. The Hall–Kier alpha value is -2.14. The van der Waals surface area contributed by atoms with Crippen molar-refractivity contribution >= 4 is 27.3 Å². The summed E-state index contributed by atoms with van der Waals surface area (Å²) in [4.78, 5) is 10.8. The van der Waals surface area contributed by atoms with E-state index in [0.717, 1.165) is 22.1 Å². The molecule has 23 heavy (non-hydrogen) atoms. The molecule has 3 unspecified atom stereocenters. The van der Waals surface area contributed by atoms with Gasteiger partial charge in [0.2, 0.25) is 0 Å². The number of hydrogen-bond donors (Lipinski definition) is 1. The first-order valence-electron chi connectivity index (χ1n) is 7.61. The fraction of sp³-hybridized carbons (Fsp3) is 0.222. The van der Waals surface area contributed by atoms with E-state index in [0.29, 0.717) is 5.92 Å². The van der Waals surface area contributed by atoms with Crippen LogP contribution >= 0.6 is 15.9 Å². The summed E-state index contributed by atoms with van der Waals surface area (Å²) in [5.74, 6) is 0.603. The van der Waals surface area contributed by atoms with E-state index in [2.05, 4.69) is 57.7 Å². The Kier molecular flexibility index (Phi) is 3.45. The van der Waals surface area contributed by atoms with Gasteiger partial charge >= 0.3 is 0 Å². The van der Waals surface area contributed by atoms with Gasteiger partial charge in [-0.05, 0) is 39.4 Å². The third-order valence-corrected chi connectivity index (χ3v) is 5.40. The van der Waals surface area contributed by atoms with Crippen LogP contribution in [-0.2, 0) is 0 Å². The first-order valence-corrected chi connectivity index (χ1v) is 8.40. The predicted octanol–water partition coefficient (Wildman–Crippen LogP) is 5.18.